The first-order valence-corrected chi connectivity index (χ1v) is 6.85. The Balaban J connectivity index is 1.59. The molecule has 0 unspecified atom stereocenters. The Kier molecular flexibility index (Phi) is 3.91. The molecule has 0 saturated heterocycles. The summed E-state index contributed by atoms with van der Waals surface area (Å²) in [5, 5.41) is 3.99. The van der Waals surface area contributed by atoms with E-state index in [-0.39, 0.29) is 0 Å². The lowest BCUT2D eigenvalue weighted by molar-refractivity contribution is 0.373. The summed E-state index contributed by atoms with van der Waals surface area (Å²) >= 11 is 0. The number of aryl methyl sites for hydroxylation is 2. The van der Waals surface area contributed by atoms with E-state index in [9.17, 15) is 0 Å². The zero-order valence-corrected chi connectivity index (χ0v) is 11.6. The third-order valence-corrected chi connectivity index (χ3v) is 3.18. The number of nitrogens with zero attached hydrogens (tertiary/aromatic N) is 3. The van der Waals surface area contributed by atoms with Gasteiger partial charge in [0.2, 0.25) is 5.89 Å². The van der Waals surface area contributed by atoms with Crippen LogP contribution in [0.25, 0.3) is 0 Å². The zero-order valence-electron chi connectivity index (χ0n) is 11.6. The first kappa shape index (κ1) is 13.3. The standard InChI is InChI=1S/C16H16N4O/c17-13-7-4-12(5-8-13)6-9-16-19-15(20-21-16)11-14-3-1-2-10-18-14/h1-5,7-8,10H,6,9,11,17H2. The summed E-state index contributed by atoms with van der Waals surface area (Å²) in [6.45, 7) is 0. The van der Waals surface area contributed by atoms with Gasteiger partial charge in [0.1, 0.15) is 0 Å². The number of benzene rings is 1. The molecule has 0 amide bonds. The Hall–Kier alpha value is -2.69. The molecule has 2 aromatic heterocycles. The van der Waals surface area contributed by atoms with Crippen molar-refractivity contribution >= 4 is 5.69 Å². The minimum atomic E-state index is 0.589. The second kappa shape index (κ2) is 6.17. The fraction of sp³-hybridized carbons (Fsp3) is 0.188. The fourth-order valence-corrected chi connectivity index (χ4v) is 2.06. The first-order valence-electron chi connectivity index (χ1n) is 6.85. The van der Waals surface area contributed by atoms with E-state index in [1.807, 2.05) is 42.5 Å². The Morgan fingerprint density at radius 3 is 2.62 bits per heavy atom. The second-order valence-electron chi connectivity index (χ2n) is 4.84. The summed E-state index contributed by atoms with van der Waals surface area (Å²) in [6.07, 6.45) is 3.92. The van der Waals surface area contributed by atoms with Gasteiger partial charge in [-0.15, -0.1) is 0 Å². The first-order chi connectivity index (χ1) is 10.3. The molecular weight excluding hydrogens is 264 g/mol. The van der Waals surface area contributed by atoms with Crippen LogP contribution in [0.1, 0.15) is 23.0 Å². The van der Waals surface area contributed by atoms with E-state index >= 15 is 0 Å². The number of anilines is 1. The summed E-state index contributed by atoms with van der Waals surface area (Å²) in [4.78, 5) is 8.65. The van der Waals surface area contributed by atoms with Crippen LogP contribution in [0.4, 0.5) is 5.69 Å². The summed E-state index contributed by atoms with van der Waals surface area (Å²) in [6, 6.07) is 13.6. The summed E-state index contributed by atoms with van der Waals surface area (Å²) in [5.41, 5.74) is 8.57. The second-order valence-corrected chi connectivity index (χ2v) is 4.84. The molecule has 0 spiro atoms. The number of hydrogen-bond acceptors (Lipinski definition) is 5. The third-order valence-electron chi connectivity index (χ3n) is 3.18. The molecule has 2 N–H and O–H groups in total. The van der Waals surface area contributed by atoms with Crippen LogP contribution in [0, 0.1) is 0 Å². The molecule has 0 aliphatic heterocycles. The average molecular weight is 280 g/mol. The Bertz CT molecular complexity index is 692. The number of nitrogens with two attached hydrogens (primary N) is 1. The molecule has 1 aromatic carbocycles. The SMILES string of the molecule is Nc1ccc(CCc2nc(Cc3ccccn3)no2)cc1. The number of nitrogen functional groups attached to an aromatic ring is 1. The van der Waals surface area contributed by atoms with Gasteiger partial charge in [-0.25, -0.2) is 0 Å². The molecule has 5 nitrogen and oxygen atoms in total. The molecule has 0 aliphatic rings. The predicted octanol–water partition coefficient (Wildman–Crippen LogP) is 2.42. The number of pyridine rings is 1. The predicted molar refractivity (Wildman–Crippen MR) is 79.6 cm³/mol. The molecule has 3 aromatic rings. The highest BCUT2D eigenvalue weighted by Crippen LogP contribution is 2.10. The van der Waals surface area contributed by atoms with Crippen molar-refractivity contribution in [1.29, 1.82) is 0 Å². The van der Waals surface area contributed by atoms with E-state index in [1.165, 1.54) is 5.56 Å². The van der Waals surface area contributed by atoms with Crippen molar-refractivity contribution in [3.05, 3.63) is 71.6 Å². The van der Waals surface area contributed by atoms with Crippen LogP contribution in [0.2, 0.25) is 0 Å². The molecule has 106 valence electrons. The van der Waals surface area contributed by atoms with Gasteiger partial charge in [-0.05, 0) is 36.2 Å². The van der Waals surface area contributed by atoms with Gasteiger partial charge < -0.3 is 10.3 Å². The van der Waals surface area contributed by atoms with Crippen molar-refractivity contribution in [2.45, 2.75) is 19.3 Å². The van der Waals surface area contributed by atoms with E-state index in [4.69, 9.17) is 10.3 Å². The van der Waals surface area contributed by atoms with Gasteiger partial charge in [-0.1, -0.05) is 23.4 Å². The summed E-state index contributed by atoms with van der Waals surface area (Å²) in [5.74, 6) is 1.32. The lowest BCUT2D eigenvalue weighted by Crippen LogP contribution is -1.95. The van der Waals surface area contributed by atoms with Crippen molar-refractivity contribution in [2.75, 3.05) is 5.73 Å². The van der Waals surface area contributed by atoms with Crippen LogP contribution in [0.3, 0.4) is 0 Å². The Labute approximate surface area is 122 Å². The molecule has 0 fully saturated rings. The molecule has 0 bridgehead atoms. The summed E-state index contributed by atoms with van der Waals surface area (Å²) in [7, 11) is 0. The molecule has 3 rings (SSSR count). The largest absolute Gasteiger partial charge is 0.399 e. The minimum Gasteiger partial charge on any atom is -0.399 e. The molecule has 2 heterocycles. The lowest BCUT2D eigenvalue weighted by Gasteiger charge is -1.98. The van der Waals surface area contributed by atoms with Crippen molar-refractivity contribution in [3.8, 4) is 0 Å². The monoisotopic (exact) mass is 280 g/mol. The van der Waals surface area contributed by atoms with E-state index < -0.39 is 0 Å². The number of aromatic nitrogens is 3. The topological polar surface area (TPSA) is 77.8 Å². The molecule has 5 heteroatoms. The van der Waals surface area contributed by atoms with Crippen molar-refractivity contribution < 1.29 is 4.52 Å². The van der Waals surface area contributed by atoms with Gasteiger partial charge in [0.25, 0.3) is 0 Å². The van der Waals surface area contributed by atoms with Gasteiger partial charge >= 0.3 is 0 Å². The van der Waals surface area contributed by atoms with Crippen LogP contribution in [-0.2, 0) is 19.3 Å². The molecule has 21 heavy (non-hydrogen) atoms. The van der Waals surface area contributed by atoms with Gasteiger partial charge in [0.05, 0.1) is 6.42 Å². The quantitative estimate of drug-likeness (QED) is 0.726. The molecule has 0 saturated carbocycles. The highest BCUT2D eigenvalue weighted by molar-refractivity contribution is 5.39. The maximum atomic E-state index is 5.66. The van der Waals surface area contributed by atoms with Crippen LogP contribution in [-0.4, -0.2) is 15.1 Å². The van der Waals surface area contributed by atoms with Gasteiger partial charge in [-0.3, -0.25) is 4.98 Å². The minimum absolute atomic E-state index is 0.589. The molecular formula is C16H16N4O. The van der Waals surface area contributed by atoms with Crippen molar-refractivity contribution in [2.24, 2.45) is 0 Å². The highest BCUT2D eigenvalue weighted by atomic mass is 16.5. The average Bonchev–Trinajstić information content (AvgIpc) is 2.95. The fourth-order valence-electron chi connectivity index (χ4n) is 2.06. The zero-order chi connectivity index (χ0) is 14.5. The van der Waals surface area contributed by atoms with Gasteiger partial charge in [-0.2, -0.15) is 4.98 Å². The van der Waals surface area contributed by atoms with Crippen LogP contribution in [0.15, 0.2) is 53.2 Å². The highest BCUT2D eigenvalue weighted by Gasteiger charge is 2.07. The third kappa shape index (κ3) is 3.66. The molecule has 0 atom stereocenters. The summed E-state index contributed by atoms with van der Waals surface area (Å²) < 4.78 is 5.27. The van der Waals surface area contributed by atoms with E-state index in [0.717, 1.165) is 24.2 Å². The Morgan fingerprint density at radius 2 is 1.86 bits per heavy atom. The maximum Gasteiger partial charge on any atom is 0.226 e. The van der Waals surface area contributed by atoms with Crippen molar-refractivity contribution in [1.82, 2.24) is 15.1 Å². The molecule has 0 radical (unpaired) electrons. The number of rotatable bonds is 5. The van der Waals surface area contributed by atoms with E-state index in [2.05, 4.69) is 15.1 Å². The maximum absolute atomic E-state index is 5.66. The van der Waals surface area contributed by atoms with Crippen LogP contribution < -0.4 is 5.73 Å². The van der Waals surface area contributed by atoms with Crippen LogP contribution in [0.5, 0.6) is 0 Å². The van der Waals surface area contributed by atoms with Gasteiger partial charge in [0, 0.05) is 24.0 Å². The normalized spacial score (nSPS) is 10.7. The van der Waals surface area contributed by atoms with Crippen LogP contribution >= 0.6 is 0 Å². The number of hydrogen-bond donors (Lipinski definition) is 1. The van der Waals surface area contributed by atoms with E-state index in [0.29, 0.717) is 18.1 Å². The van der Waals surface area contributed by atoms with E-state index in [1.54, 1.807) is 6.20 Å². The Morgan fingerprint density at radius 1 is 1.00 bits per heavy atom. The smallest absolute Gasteiger partial charge is 0.226 e. The molecule has 0 aliphatic carbocycles. The lowest BCUT2D eigenvalue weighted by atomic mass is 10.1. The van der Waals surface area contributed by atoms with Gasteiger partial charge in [0.15, 0.2) is 5.82 Å². The van der Waals surface area contributed by atoms with Crippen molar-refractivity contribution in [3.63, 3.8) is 0 Å².